The summed E-state index contributed by atoms with van der Waals surface area (Å²) in [6, 6.07) is 18.5. The van der Waals surface area contributed by atoms with Crippen LogP contribution in [0.4, 0.5) is 15.9 Å². The summed E-state index contributed by atoms with van der Waals surface area (Å²) in [5.41, 5.74) is 1.63. The minimum atomic E-state index is -0.347. The molecule has 4 rings (SSSR count). The molecule has 1 aromatic heterocycles. The first-order valence-corrected chi connectivity index (χ1v) is 9.22. The standard InChI is InChI=1S/C21H21FN4O/c22-17-5-3-6-18(14-17)23-21(27)15-25-10-12-26(13-11-25)20-9-8-16-4-1-2-7-19(16)24-20/h1-9,14H,10-13,15H2,(H,23,27)/p+2. The van der Waals surface area contributed by atoms with E-state index < -0.39 is 0 Å². The predicted molar refractivity (Wildman–Crippen MR) is 103 cm³/mol. The van der Waals surface area contributed by atoms with E-state index in [1.165, 1.54) is 22.4 Å². The van der Waals surface area contributed by atoms with Gasteiger partial charge >= 0.3 is 0 Å². The molecular formula is C21H23FN4O+2. The molecule has 3 aromatic rings. The quantitative estimate of drug-likeness (QED) is 0.728. The molecule has 1 amide bonds. The first kappa shape index (κ1) is 17.4. The molecule has 0 radical (unpaired) electrons. The summed E-state index contributed by atoms with van der Waals surface area (Å²) < 4.78 is 13.2. The lowest BCUT2D eigenvalue weighted by molar-refractivity contribution is -0.892. The van der Waals surface area contributed by atoms with Crippen LogP contribution in [0.5, 0.6) is 0 Å². The Morgan fingerprint density at radius 1 is 1.07 bits per heavy atom. The number of benzene rings is 2. The fourth-order valence-corrected chi connectivity index (χ4v) is 3.53. The number of para-hydroxylation sites is 1. The SMILES string of the molecule is O=C(C[NH+]1CCN(c2ccc3ccccc3[nH+]2)CC1)Nc1cccc(F)c1. The van der Waals surface area contributed by atoms with Crippen LogP contribution in [0.25, 0.3) is 10.9 Å². The van der Waals surface area contributed by atoms with Crippen molar-refractivity contribution in [2.75, 3.05) is 42.9 Å². The molecule has 2 heterocycles. The first-order chi connectivity index (χ1) is 13.2. The van der Waals surface area contributed by atoms with Gasteiger partial charge in [0.2, 0.25) is 0 Å². The Hall–Kier alpha value is -2.99. The van der Waals surface area contributed by atoms with Crippen molar-refractivity contribution < 1.29 is 19.1 Å². The second kappa shape index (κ2) is 7.72. The number of piperazine rings is 1. The molecule has 0 saturated carbocycles. The number of nitrogens with zero attached hydrogens (tertiary/aromatic N) is 1. The maximum Gasteiger partial charge on any atom is 0.279 e. The van der Waals surface area contributed by atoms with Gasteiger partial charge in [0.25, 0.3) is 11.7 Å². The van der Waals surface area contributed by atoms with Crippen molar-refractivity contribution in [3.8, 4) is 0 Å². The largest absolute Gasteiger partial charge is 0.321 e. The molecular weight excluding hydrogens is 343 g/mol. The van der Waals surface area contributed by atoms with Crippen molar-refractivity contribution in [3.05, 3.63) is 66.5 Å². The zero-order chi connectivity index (χ0) is 18.6. The molecule has 3 N–H and O–H groups in total. The smallest absolute Gasteiger partial charge is 0.279 e. The highest BCUT2D eigenvalue weighted by atomic mass is 19.1. The molecule has 1 fully saturated rings. The molecule has 6 heteroatoms. The summed E-state index contributed by atoms with van der Waals surface area (Å²) >= 11 is 0. The lowest BCUT2D eigenvalue weighted by atomic mass is 10.2. The van der Waals surface area contributed by atoms with Gasteiger partial charge in [0.1, 0.15) is 37.5 Å². The second-order valence-electron chi connectivity index (χ2n) is 6.90. The van der Waals surface area contributed by atoms with Gasteiger partial charge in [0, 0.05) is 17.1 Å². The lowest BCUT2D eigenvalue weighted by Gasteiger charge is -2.28. The molecule has 27 heavy (non-hydrogen) atoms. The highest BCUT2D eigenvalue weighted by Gasteiger charge is 2.27. The predicted octanol–water partition coefficient (Wildman–Crippen LogP) is 1.14. The Morgan fingerprint density at radius 3 is 2.70 bits per heavy atom. The van der Waals surface area contributed by atoms with Crippen molar-refractivity contribution >= 4 is 28.3 Å². The number of fused-ring (bicyclic) bond motifs is 1. The maximum absolute atomic E-state index is 13.2. The number of anilines is 2. The second-order valence-corrected chi connectivity index (χ2v) is 6.90. The van der Waals surface area contributed by atoms with E-state index in [-0.39, 0.29) is 11.7 Å². The zero-order valence-electron chi connectivity index (χ0n) is 15.0. The Kier molecular flexibility index (Phi) is 4.98. The molecule has 0 unspecified atom stereocenters. The number of carbonyl (C=O) groups excluding carboxylic acids is 1. The van der Waals surface area contributed by atoms with Gasteiger partial charge in [-0.3, -0.25) is 9.69 Å². The normalized spacial score (nSPS) is 15.1. The van der Waals surface area contributed by atoms with E-state index in [4.69, 9.17) is 0 Å². The highest BCUT2D eigenvalue weighted by Crippen LogP contribution is 2.13. The fourth-order valence-electron chi connectivity index (χ4n) is 3.53. The highest BCUT2D eigenvalue weighted by molar-refractivity contribution is 5.91. The van der Waals surface area contributed by atoms with Crippen molar-refractivity contribution in [2.45, 2.75) is 0 Å². The van der Waals surface area contributed by atoms with Gasteiger partial charge in [-0.15, -0.1) is 0 Å². The van der Waals surface area contributed by atoms with E-state index in [0.717, 1.165) is 37.5 Å². The van der Waals surface area contributed by atoms with Crippen molar-refractivity contribution in [1.29, 1.82) is 0 Å². The number of aromatic nitrogens is 1. The van der Waals surface area contributed by atoms with Crippen LogP contribution in [0.2, 0.25) is 0 Å². The average Bonchev–Trinajstić information content (AvgIpc) is 2.68. The van der Waals surface area contributed by atoms with Crippen LogP contribution in [-0.4, -0.2) is 38.6 Å². The van der Waals surface area contributed by atoms with Crippen LogP contribution in [0.1, 0.15) is 0 Å². The number of hydrogen-bond donors (Lipinski definition) is 2. The molecule has 0 atom stereocenters. The van der Waals surface area contributed by atoms with Gasteiger partial charge in [0.05, 0.1) is 0 Å². The minimum absolute atomic E-state index is 0.0821. The third-order valence-electron chi connectivity index (χ3n) is 4.97. The number of amides is 1. The number of pyridine rings is 1. The van der Waals surface area contributed by atoms with Gasteiger partial charge in [-0.2, -0.15) is 0 Å². The van der Waals surface area contributed by atoms with Crippen molar-refractivity contribution in [3.63, 3.8) is 0 Å². The van der Waals surface area contributed by atoms with E-state index in [1.807, 2.05) is 12.1 Å². The Bertz CT molecular complexity index is 954. The Labute approximate surface area is 157 Å². The van der Waals surface area contributed by atoms with E-state index in [0.29, 0.717) is 12.2 Å². The number of nitrogens with one attached hydrogen (secondary N) is 3. The number of H-pyrrole nitrogens is 1. The molecule has 0 bridgehead atoms. The van der Waals surface area contributed by atoms with Gasteiger partial charge in [-0.05, 0) is 30.3 Å². The number of quaternary nitrogens is 1. The van der Waals surface area contributed by atoms with Gasteiger partial charge < -0.3 is 10.2 Å². The zero-order valence-corrected chi connectivity index (χ0v) is 15.0. The number of hydrogen-bond acceptors (Lipinski definition) is 2. The fraction of sp³-hybridized carbons (Fsp3) is 0.238. The maximum atomic E-state index is 13.2. The summed E-state index contributed by atoms with van der Waals surface area (Å²) in [5, 5.41) is 3.97. The molecule has 0 aliphatic carbocycles. The molecule has 0 spiro atoms. The van der Waals surface area contributed by atoms with E-state index in [1.54, 1.807) is 12.1 Å². The molecule has 138 valence electrons. The van der Waals surface area contributed by atoms with Crippen molar-refractivity contribution in [2.24, 2.45) is 0 Å². The summed E-state index contributed by atoms with van der Waals surface area (Å²) in [5.74, 6) is 0.679. The van der Waals surface area contributed by atoms with Gasteiger partial charge in [0.15, 0.2) is 6.54 Å². The Balaban J connectivity index is 1.32. The van der Waals surface area contributed by atoms with E-state index in [9.17, 15) is 9.18 Å². The first-order valence-electron chi connectivity index (χ1n) is 9.22. The minimum Gasteiger partial charge on any atom is -0.321 e. The number of carbonyl (C=O) groups is 1. The third kappa shape index (κ3) is 4.23. The average molecular weight is 366 g/mol. The van der Waals surface area contributed by atoms with Crippen LogP contribution in [0, 0.1) is 5.82 Å². The number of aromatic amines is 1. The van der Waals surface area contributed by atoms with Gasteiger partial charge in [-0.25, -0.2) is 9.37 Å². The molecule has 1 aliphatic rings. The Morgan fingerprint density at radius 2 is 1.89 bits per heavy atom. The van der Waals surface area contributed by atoms with Crippen LogP contribution in [0.15, 0.2) is 60.7 Å². The summed E-state index contributed by atoms with van der Waals surface area (Å²) in [7, 11) is 0. The molecule has 1 saturated heterocycles. The van der Waals surface area contributed by atoms with Crippen LogP contribution < -0.4 is 20.1 Å². The molecule has 2 aromatic carbocycles. The van der Waals surface area contributed by atoms with Crippen LogP contribution in [-0.2, 0) is 4.79 Å². The summed E-state index contributed by atoms with van der Waals surface area (Å²) in [4.78, 5) is 19.3. The summed E-state index contributed by atoms with van der Waals surface area (Å²) in [6.07, 6.45) is 0. The van der Waals surface area contributed by atoms with E-state index >= 15 is 0 Å². The number of rotatable bonds is 4. The van der Waals surface area contributed by atoms with Crippen LogP contribution in [0.3, 0.4) is 0 Å². The lowest BCUT2D eigenvalue weighted by Crippen LogP contribution is -3.15. The third-order valence-corrected chi connectivity index (χ3v) is 4.97. The molecule has 5 nitrogen and oxygen atoms in total. The summed E-state index contributed by atoms with van der Waals surface area (Å²) in [6.45, 7) is 3.94. The monoisotopic (exact) mass is 366 g/mol. The van der Waals surface area contributed by atoms with Crippen LogP contribution >= 0.6 is 0 Å². The number of halogens is 1. The van der Waals surface area contributed by atoms with Gasteiger partial charge in [-0.1, -0.05) is 24.3 Å². The molecule has 1 aliphatic heterocycles. The van der Waals surface area contributed by atoms with E-state index in [2.05, 4.69) is 39.5 Å². The topological polar surface area (TPSA) is 50.9 Å². The van der Waals surface area contributed by atoms with Crippen molar-refractivity contribution in [1.82, 2.24) is 0 Å².